The number of rotatable bonds is 3. The van der Waals surface area contributed by atoms with Crippen LogP contribution in [0, 0.1) is 37.0 Å². The van der Waals surface area contributed by atoms with Gasteiger partial charge in [0.15, 0.2) is 0 Å². The molecular weight excluding hydrogens is 336 g/mol. The van der Waals surface area contributed by atoms with E-state index in [4.69, 9.17) is 9.72 Å². The van der Waals surface area contributed by atoms with E-state index < -0.39 is 0 Å². The molecule has 1 aromatic heterocycles. The first-order chi connectivity index (χ1) is 13.0. The third-order valence-electron chi connectivity index (χ3n) is 6.09. The van der Waals surface area contributed by atoms with Gasteiger partial charge in [0.2, 0.25) is 0 Å². The summed E-state index contributed by atoms with van der Waals surface area (Å²) in [5, 5.41) is 9.64. The summed E-state index contributed by atoms with van der Waals surface area (Å²) >= 11 is 0. The van der Waals surface area contributed by atoms with Crippen LogP contribution in [0.5, 0.6) is 5.75 Å². The van der Waals surface area contributed by atoms with E-state index in [0.29, 0.717) is 17.9 Å². The van der Waals surface area contributed by atoms with E-state index in [-0.39, 0.29) is 0 Å². The van der Waals surface area contributed by atoms with Crippen molar-refractivity contribution in [2.45, 2.75) is 19.9 Å². The summed E-state index contributed by atoms with van der Waals surface area (Å²) in [5.74, 6) is 2.89. The fraction of sp³-hybridized carbons (Fsp3) is 0.455. The number of benzene rings is 1. The van der Waals surface area contributed by atoms with Gasteiger partial charge < -0.3 is 9.64 Å². The molecule has 5 heteroatoms. The van der Waals surface area contributed by atoms with Gasteiger partial charge in [-0.2, -0.15) is 5.26 Å². The van der Waals surface area contributed by atoms with Crippen molar-refractivity contribution >= 4 is 5.82 Å². The van der Waals surface area contributed by atoms with E-state index >= 15 is 0 Å². The summed E-state index contributed by atoms with van der Waals surface area (Å²) in [5.41, 5.74) is 4.04. The van der Waals surface area contributed by atoms with Crippen molar-refractivity contribution in [1.29, 1.82) is 5.26 Å². The number of anilines is 1. The number of aromatic nitrogens is 1. The van der Waals surface area contributed by atoms with Gasteiger partial charge in [-0.1, -0.05) is 12.1 Å². The van der Waals surface area contributed by atoms with E-state index in [0.717, 1.165) is 48.0 Å². The van der Waals surface area contributed by atoms with E-state index in [9.17, 15) is 5.26 Å². The number of likely N-dealkylation sites (tertiary alicyclic amines) is 1. The summed E-state index contributed by atoms with van der Waals surface area (Å²) in [6.07, 6.45) is 0. The molecule has 3 atom stereocenters. The van der Waals surface area contributed by atoms with Crippen LogP contribution < -0.4 is 9.64 Å². The lowest BCUT2D eigenvalue weighted by Crippen LogP contribution is -2.30. The number of methoxy groups -OCH3 is 1. The van der Waals surface area contributed by atoms with E-state index in [1.165, 1.54) is 5.56 Å². The van der Waals surface area contributed by atoms with E-state index in [1.807, 2.05) is 32.0 Å². The molecule has 5 nitrogen and oxygen atoms in total. The number of ether oxygens (including phenoxy) is 1. The Morgan fingerprint density at radius 2 is 1.89 bits per heavy atom. The second-order valence-electron chi connectivity index (χ2n) is 7.88. The van der Waals surface area contributed by atoms with Gasteiger partial charge in [0, 0.05) is 37.3 Å². The first-order valence-electron chi connectivity index (χ1n) is 9.49. The fourth-order valence-electron chi connectivity index (χ4n) is 4.92. The third-order valence-corrected chi connectivity index (χ3v) is 6.09. The maximum absolute atomic E-state index is 9.64. The van der Waals surface area contributed by atoms with Crippen molar-refractivity contribution in [3.8, 4) is 11.8 Å². The van der Waals surface area contributed by atoms with Crippen LogP contribution in [0.2, 0.25) is 0 Å². The Bertz CT molecular complexity index is 886. The minimum absolute atomic E-state index is 0.391. The smallest absolute Gasteiger partial charge is 0.147 e. The third kappa shape index (κ3) is 3.04. The molecule has 3 heterocycles. The number of fused-ring (bicyclic) bond motifs is 1. The highest BCUT2D eigenvalue weighted by Crippen LogP contribution is 2.45. The Morgan fingerprint density at radius 1 is 1.15 bits per heavy atom. The van der Waals surface area contributed by atoms with Gasteiger partial charge in [-0.3, -0.25) is 4.90 Å². The Hall–Kier alpha value is -2.58. The Kier molecular flexibility index (Phi) is 4.53. The molecule has 4 rings (SSSR count). The van der Waals surface area contributed by atoms with Crippen molar-refractivity contribution in [2.24, 2.45) is 11.8 Å². The van der Waals surface area contributed by atoms with Gasteiger partial charge in [0.25, 0.3) is 0 Å². The lowest BCUT2D eigenvalue weighted by Gasteiger charge is -2.28. The Labute approximate surface area is 161 Å². The molecule has 0 unspecified atom stereocenters. The van der Waals surface area contributed by atoms with Gasteiger partial charge in [-0.05, 0) is 56.1 Å². The van der Waals surface area contributed by atoms with Crippen molar-refractivity contribution in [3.05, 3.63) is 52.7 Å². The van der Waals surface area contributed by atoms with Crippen LogP contribution in [-0.2, 0) is 0 Å². The molecule has 0 amide bonds. The number of nitriles is 1. The average Bonchev–Trinajstić information content (AvgIpc) is 3.18. The maximum atomic E-state index is 9.64. The molecule has 2 fully saturated rings. The SMILES string of the molecule is COc1ccc([C@H]2[C@@H]3CN(c4nc(C)cc(C)c4C#N)C[C@@H]3CN2C)cc1. The van der Waals surface area contributed by atoms with Crippen LogP contribution in [0.25, 0.3) is 0 Å². The van der Waals surface area contributed by atoms with Crippen LogP contribution in [0.15, 0.2) is 30.3 Å². The Morgan fingerprint density at radius 3 is 2.56 bits per heavy atom. The van der Waals surface area contributed by atoms with Gasteiger partial charge in [0.05, 0.1) is 12.7 Å². The van der Waals surface area contributed by atoms with Gasteiger partial charge in [-0.25, -0.2) is 4.98 Å². The zero-order chi connectivity index (χ0) is 19.1. The lowest BCUT2D eigenvalue weighted by molar-refractivity contribution is 0.279. The first-order valence-corrected chi connectivity index (χ1v) is 9.49. The molecule has 27 heavy (non-hydrogen) atoms. The maximum Gasteiger partial charge on any atom is 0.147 e. The predicted molar refractivity (Wildman–Crippen MR) is 106 cm³/mol. The van der Waals surface area contributed by atoms with Gasteiger partial charge in [-0.15, -0.1) is 0 Å². The molecule has 2 aliphatic rings. The molecule has 0 aliphatic carbocycles. The standard InChI is InChI=1S/C22H26N4O/c1-14-9-15(2)24-22(19(14)10-23)26-12-17-11-25(3)21(20(17)13-26)16-5-7-18(27-4)8-6-16/h5-9,17,20-21H,11-13H2,1-4H3/t17-,20+,21-/m0/s1. The monoisotopic (exact) mass is 362 g/mol. The highest BCUT2D eigenvalue weighted by molar-refractivity contribution is 5.59. The summed E-state index contributed by atoms with van der Waals surface area (Å²) in [7, 11) is 3.92. The molecule has 2 aromatic rings. The zero-order valence-electron chi connectivity index (χ0n) is 16.4. The van der Waals surface area contributed by atoms with Crippen LogP contribution in [0.3, 0.4) is 0 Å². The normalized spacial score (nSPS) is 24.7. The molecular formula is C22H26N4O. The topological polar surface area (TPSA) is 52.4 Å². The predicted octanol–water partition coefficient (Wildman–Crippen LogP) is 3.32. The van der Waals surface area contributed by atoms with Crippen molar-refractivity contribution < 1.29 is 4.74 Å². The zero-order valence-corrected chi connectivity index (χ0v) is 16.4. The highest BCUT2D eigenvalue weighted by Gasteiger charge is 2.46. The first kappa shape index (κ1) is 17.8. The second kappa shape index (κ2) is 6.86. The highest BCUT2D eigenvalue weighted by atomic mass is 16.5. The summed E-state index contributed by atoms with van der Waals surface area (Å²) in [4.78, 5) is 9.52. The van der Waals surface area contributed by atoms with Crippen molar-refractivity contribution in [3.63, 3.8) is 0 Å². The van der Waals surface area contributed by atoms with Gasteiger partial charge in [0.1, 0.15) is 17.6 Å². The Balaban J connectivity index is 1.63. The van der Waals surface area contributed by atoms with Crippen molar-refractivity contribution in [2.75, 3.05) is 38.7 Å². The summed E-state index contributed by atoms with van der Waals surface area (Å²) < 4.78 is 5.31. The van der Waals surface area contributed by atoms with E-state index in [1.54, 1.807) is 7.11 Å². The number of pyridine rings is 1. The second-order valence-corrected chi connectivity index (χ2v) is 7.88. The van der Waals surface area contributed by atoms with Crippen LogP contribution in [-0.4, -0.2) is 43.7 Å². The molecule has 0 bridgehead atoms. The minimum atomic E-state index is 0.391. The summed E-state index contributed by atoms with van der Waals surface area (Å²) in [6.45, 7) is 6.98. The summed E-state index contributed by atoms with van der Waals surface area (Å²) in [6, 6.07) is 13.2. The fourth-order valence-corrected chi connectivity index (χ4v) is 4.92. The molecule has 1 aromatic carbocycles. The molecule has 0 saturated carbocycles. The molecule has 140 valence electrons. The molecule has 0 spiro atoms. The molecule has 0 N–H and O–H groups in total. The van der Waals surface area contributed by atoms with Gasteiger partial charge >= 0.3 is 0 Å². The van der Waals surface area contributed by atoms with Crippen LogP contribution in [0.4, 0.5) is 5.82 Å². The number of hydrogen-bond acceptors (Lipinski definition) is 5. The van der Waals surface area contributed by atoms with Crippen LogP contribution in [0.1, 0.15) is 28.4 Å². The minimum Gasteiger partial charge on any atom is -0.497 e. The molecule has 0 radical (unpaired) electrons. The number of hydrogen-bond donors (Lipinski definition) is 0. The number of nitrogens with zero attached hydrogens (tertiary/aromatic N) is 4. The van der Waals surface area contributed by atoms with Crippen LogP contribution >= 0.6 is 0 Å². The average molecular weight is 362 g/mol. The number of aryl methyl sites for hydroxylation is 2. The van der Waals surface area contributed by atoms with E-state index in [2.05, 4.69) is 35.0 Å². The molecule has 2 saturated heterocycles. The molecule has 2 aliphatic heterocycles. The van der Waals surface area contributed by atoms with Crippen molar-refractivity contribution in [1.82, 2.24) is 9.88 Å². The quantitative estimate of drug-likeness (QED) is 0.838. The lowest BCUT2D eigenvalue weighted by atomic mass is 9.89. The largest absolute Gasteiger partial charge is 0.497 e.